The van der Waals surface area contributed by atoms with Gasteiger partial charge in [0.2, 0.25) is 0 Å². The Bertz CT molecular complexity index is 950. The predicted molar refractivity (Wildman–Crippen MR) is 88.3 cm³/mol. The van der Waals surface area contributed by atoms with Crippen LogP contribution in [-0.4, -0.2) is 22.4 Å². The summed E-state index contributed by atoms with van der Waals surface area (Å²) < 4.78 is 6.46. The van der Waals surface area contributed by atoms with Crippen molar-refractivity contribution in [1.82, 2.24) is 9.55 Å². The third-order valence-corrected chi connectivity index (χ3v) is 3.74. The lowest BCUT2D eigenvalue weighted by molar-refractivity contribution is 0.0967. The van der Waals surface area contributed by atoms with Crippen molar-refractivity contribution in [2.24, 2.45) is 0 Å². The molecule has 6 heteroatoms. The molecular weight excluding hydrogens is 316 g/mol. The Morgan fingerprint density at radius 3 is 2.83 bits per heavy atom. The van der Waals surface area contributed by atoms with Gasteiger partial charge in [0.15, 0.2) is 5.78 Å². The number of aromatic nitrogens is 2. The van der Waals surface area contributed by atoms with E-state index in [4.69, 9.17) is 16.3 Å². The van der Waals surface area contributed by atoms with Gasteiger partial charge in [-0.1, -0.05) is 23.7 Å². The van der Waals surface area contributed by atoms with E-state index in [1.165, 1.54) is 18.0 Å². The molecule has 0 bridgehead atoms. The summed E-state index contributed by atoms with van der Waals surface area (Å²) in [4.78, 5) is 29.1. The van der Waals surface area contributed by atoms with E-state index in [-0.39, 0.29) is 17.9 Å². The molecule has 1 aromatic heterocycles. The topological polar surface area (TPSA) is 61.2 Å². The van der Waals surface area contributed by atoms with Crippen LogP contribution in [0.2, 0.25) is 5.02 Å². The summed E-state index contributed by atoms with van der Waals surface area (Å²) in [5, 5.41) is 0.928. The number of para-hydroxylation sites is 1. The summed E-state index contributed by atoms with van der Waals surface area (Å²) >= 11 is 5.89. The Balaban J connectivity index is 1.98. The number of nitrogens with zero attached hydrogens (tertiary/aromatic N) is 2. The first-order chi connectivity index (χ1) is 11.1. The van der Waals surface area contributed by atoms with Crippen LogP contribution in [0.15, 0.2) is 53.6 Å². The zero-order valence-electron chi connectivity index (χ0n) is 12.3. The van der Waals surface area contributed by atoms with E-state index in [1.54, 1.807) is 42.5 Å². The summed E-state index contributed by atoms with van der Waals surface area (Å²) in [5.74, 6) is 0.255. The Morgan fingerprint density at radius 2 is 2.04 bits per heavy atom. The molecule has 0 atom stereocenters. The van der Waals surface area contributed by atoms with Gasteiger partial charge in [0.05, 0.1) is 36.4 Å². The highest BCUT2D eigenvalue weighted by Gasteiger charge is 2.14. The molecule has 0 radical (unpaired) electrons. The summed E-state index contributed by atoms with van der Waals surface area (Å²) in [5.41, 5.74) is 0.650. The van der Waals surface area contributed by atoms with Gasteiger partial charge in [-0.25, -0.2) is 4.98 Å². The molecule has 3 rings (SSSR count). The van der Waals surface area contributed by atoms with Crippen molar-refractivity contribution < 1.29 is 9.53 Å². The van der Waals surface area contributed by atoms with Crippen LogP contribution in [0.3, 0.4) is 0 Å². The van der Waals surface area contributed by atoms with E-state index in [0.717, 1.165) is 0 Å². The molecule has 0 aliphatic heterocycles. The number of carbonyl (C=O) groups is 1. The first-order valence-electron chi connectivity index (χ1n) is 6.91. The summed E-state index contributed by atoms with van der Waals surface area (Å²) in [7, 11) is 1.50. The van der Waals surface area contributed by atoms with Gasteiger partial charge in [0, 0.05) is 5.02 Å². The third kappa shape index (κ3) is 2.96. The predicted octanol–water partition coefficient (Wildman–Crippen LogP) is 2.94. The molecule has 0 saturated carbocycles. The van der Waals surface area contributed by atoms with E-state index in [2.05, 4.69) is 4.98 Å². The molecule has 0 amide bonds. The van der Waals surface area contributed by atoms with Crippen molar-refractivity contribution in [2.75, 3.05) is 7.11 Å². The van der Waals surface area contributed by atoms with Crippen LogP contribution in [0, 0.1) is 0 Å². The second kappa shape index (κ2) is 6.22. The molecule has 3 aromatic rings. The third-order valence-electron chi connectivity index (χ3n) is 3.51. The molecule has 116 valence electrons. The first kappa shape index (κ1) is 15.2. The smallest absolute Gasteiger partial charge is 0.261 e. The number of methoxy groups -OCH3 is 1. The minimum Gasteiger partial charge on any atom is -0.496 e. The average Bonchev–Trinajstić information content (AvgIpc) is 2.57. The molecule has 0 N–H and O–H groups in total. The van der Waals surface area contributed by atoms with Crippen LogP contribution in [0.25, 0.3) is 10.9 Å². The Labute approximate surface area is 137 Å². The highest BCUT2D eigenvalue weighted by molar-refractivity contribution is 6.31. The highest BCUT2D eigenvalue weighted by Crippen LogP contribution is 2.18. The van der Waals surface area contributed by atoms with Gasteiger partial charge in [-0.2, -0.15) is 0 Å². The number of hydrogen-bond acceptors (Lipinski definition) is 4. The van der Waals surface area contributed by atoms with E-state index in [1.807, 2.05) is 0 Å². The zero-order chi connectivity index (χ0) is 16.4. The maximum atomic E-state index is 12.5. The molecule has 1 heterocycles. The minimum atomic E-state index is -0.282. The summed E-state index contributed by atoms with van der Waals surface area (Å²) in [6.45, 7) is -0.106. The molecule has 0 aliphatic carbocycles. The maximum Gasteiger partial charge on any atom is 0.261 e. The van der Waals surface area contributed by atoms with Crippen LogP contribution in [0.1, 0.15) is 10.4 Å². The van der Waals surface area contributed by atoms with Crippen molar-refractivity contribution in [2.45, 2.75) is 6.54 Å². The van der Waals surface area contributed by atoms with Crippen molar-refractivity contribution in [3.8, 4) is 5.75 Å². The molecule has 0 saturated heterocycles. The standard InChI is InChI=1S/C17H13ClN2O3/c1-23-16-5-3-2-4-13(16)15(21)9-20-10-19-14-8-11(18)6-7-12(14)17(20)22/h2-8,10H,9H2,1H3. The van der Waals surface area contributed by atoms with Crippen LogP contribution in [0.4, 0.5) is 0 Å². The Kier molecular flexibility index (Phi) is 4.12. The van der Waals surface area contributed by atoms with Gasteiger partial charge in [0.1, 0.15) is 5.75 Å². The van der Waals surface area contributed by atoms with E-state index < -0.39 is 0 Å². The first-order valence-corrected chi connectivity index (χ1v) is 7.29. The lowest BCUT2D eigenvalue weighted by Crippen LogP contribution is -2.24. The lowest BCUT2D eigenvalue weighted by Gasteiger charge is -2.09. The van der Waals surface area contributed by atoms with Crippen LogP contribution < -0.4 is 10.3 Å². The van der Waals surface area contributed by atoms with Gasteiger partial charge >= 0.3 is 0 Å². The largest absolute Gasteiger partial charge is 0.496 e. The summed E-state index contributed by atoms with van der Waals surface area (Å²) in [6, 6.07) is 11.8. The summed E-state index contributed by atoms with van der Waals surface area (Å²) in [6.07, 6.45) is 1.36. The second-order valence-electron chi connectivity index (χ2n) is 4.96. The van der Waals surface area contributed by atoms with E-state index in [0.29, 0.717) is 27.2 Å². The monoisotopic (exact) mass is 328 g/mol. The number of ether oxygens (including phenoxy) is 1. The number of carbonyl (C=O) groups excluding carboxylic acids is 1. The fourth-order valence-electron chi connectivity index (χ4n) is 2.36. The fourth-order valence-corrected chi connectivity index (χ4v) is 2.53. The van der Waals surface area contributed by atoms with Gasteiger partial charge in [-0.15, -0.1) is 0 Å². The van der Waals surface area contributed by atoms with Gasteiger partial charge in [0.25, 0.3) is 5.56 Å². The molecule has 0 fully saturated rings. The molecule has 0 spiro atoms. The van der Waals surface area contributed by atoms with E-state index in [9.17, 15) is 9.59 Å². The normalized spacial score (nSPS) is 10.7. The zero-order valence-corrected chi connectivity index (χ0v) is 13.1. The maximum absolute atomic E-state index is 12.5. The Morgan fingerprint density at radius 1 is 1.26 bits per heavy atom. The fraction of sp³-hybridized carbons (Fsp3) is 0.118. The number of ketones is 1. The van der Waals surface area contributed by atoms with Crippen molar-refractivity contribution in [1.29, 1.82) is 0 Å². The number of Topliss-reactive ketones (excluding diaryl/α,β-unsaturated/α-hetero) is 1. The van der Waals surface area contributed by atoms with E-state index >= 15 is 0 Å². The van der Waals surface area contributed by atoms with Crippen LogP contribution >= 0.6 is 11.6 Å². The van der Waals surface area contributed by atoms with Gasteiger partial charge in [-0.05, 0) is 30.3 Å². The number of benzene rings is 2. The molecule has 5 nitrogen and oxygen atoms in total. The number of rotatable bonds is 4. The van der Waals surface area contributed by atoms with Crippen molar-refractivity contribution in [3.63, 3.8) is 0 Å². The molecule has 0 unspecified atom stereocenters. The Hall–Kier alpha value is -2.66. The molecule has 2 aromatic carbocycles. The highest BCUT2D eigenvalue weighted by atomic mass is 35.5. The molecule has 23 heavy (non-hydrogen) atoms. The van der Waals surface area contributed by atoms with Crippen molar-refractivity contribution >= 4 is 28.3 Å². The second-order valence-corrected chi connectivity index (χ2v) is 5.40. The number of halogens is 1. The minimum absolute atomic E-state index is 0.106. The number of hydrogen-bond donors (Lipinski definition) is 0. The van der Waals surface area contributed by atoms with Gasteiger partial charge in [-0.3, -0.25) is 14.2 Å². The lowest BCUT2D eigenvalue weighted by atomic mass is 10.1. The quantitative estimate of drug-likeness (QED) is 0.691. The van der Waals surface area contributed by atoms with Crippen LogP contribution in [0.5, 0.6) is 5.75 Å². The van der Waals surface area contributed by atoms with Crippen molar-refractivity contribution in [3.05, 3.63) is 69.7 Å². The average molecular weight is 329 g/mol. The molecule has 0 aliphatic rings. The van der Waals surface area contributed by atoms with Crippen LogP contribution in [-0.2, 0) is 6.54 Å². The SMILES string of the molecule is COc1ccccc1C(=O)Cn1cnc2cc(Cl)ccc2c1=O. The molecular formula is C17H13ClN2O3. The number of fused-ring (bicyclic) bond motifs is 1. The van der Waals surface area contributed by atoms with Gasteiger partial charge < -0.3 is 4.74 Å².